The predicted molar refractivity (Wildman–Crippen MR) is 71.1 cm³/mol. The number of nitrogens with zero attached hydrogens (tertiary/aromatic N) is 2. The van der Waals surface area contributed by atoms with E-state index in [1.807, 2.05) is 0 Å². The molecule has 1 aromatic carbocycles. The number of anilines is 1. The molecule has 0 aliphatic heterocycles. The smallest absolute Gasteiger partial charge is 0.267 e. The van der Waals surface area contributed by atoms with Crippen molar-refractivity contribution in [3.63, 3.8) is 0 Å². The molecule has 1 N–H and O–H groups in total. The van der Waals surface area contributed by atoms with Crippen LogP contribution in [0.5, 0.6) is 0 Å². The molecule has 1 aromatic heterocycles. The Balaban J connectivity index is 1.97. The Hall–Kier alpha value is -1.69. The number of hydrogen-bond donors (Lipinski definition) is 1. The molecule has 2 aromatic rings. The van der Waals surface area contributed by atoms with Gasteiger partial charge in [0.1, 0.15) is 10.3 Å². The highest BCUT2D eigenvalue weighted by molar-refractivity contribution is 9.10. The van der Waals surface area contributed by atoms with Crippen molar-refractivity contribution in [3.8, 4) is 0 Å². The number of aromatic nitrogens is 2. The minimum atomic E-state index is -0.290. The van der Waals surface area contributed by atoms with Crippen molar-refractivity contribution in [2.75, 3.05) is 11.9 Å². The van der Waals surface area contributed by atoms with Crippen LogP contribution >= 0.6 is 15.9 Å². The summed E-state index contributed by atoms with van der Waals surface area (Å²) in [6.45, 7) is 0.975. The molecule has 0 saturated carbocycles. The van der Waals surface area contributed by atoms with Crippen molar-refractivity contribution in [3.05, 3.63) is 57.4 Å². The van der Waals surface area contributed by atoms with Gasteiger partial charge in [0, 0.05) is 25.0 Å². The second-order valence-corrected chi connectivity index (χ2v) is 4.53. The lowest BCUT2D eigenvalue weighted by molar-refractivity contribution is 0.627. The molecular formula is C12H11BrFN3O. The molecule has 18 heavy (non-hydrogen) atoms. The van der Waals surface area contributed by atoms with E-state index in [1.54, 1.807) is 12.1 Å². The summed E-state index contributed by atoms with van der Waals surface area (Å²) in [6, 6.07) is 6.19. The minimum absolute atomic E-state index is 0.133. The van der Waals surface area contributed by atoms with Gasteiger partial charge < -0.3 is 5.32 Å². The van der Waals surface area contributed by atoms with Crippen LogP contribution in [0.25, 0.3) is 0 Å². The maximum Gasteiger partial charge on any atom is 0.267 e. The highest BCUT2D eigenvalue weighted by Crippen LogP contribution is 2.08. The Morgan fingerprint density at radius 3 is 3.06 bits per heavy atom. The van der Waals surface area contributed by atoms with Gasteiger partial charge in [-0.15, -0.1) is 0 Å². The standard InChI is InChI=1S/C12H11BrFN3O/c13-11-7-15-8-17(12(11)18)5-4-16-10-3-1-2-9(14)6-10/h1-3,6-8,16H,4-5H2. The molecular weight excluding hydrogens is 301 g/mol. The first kappa shape index (κ1) is 12.8. The van der Waals surface area contributed by atoms with Crippen molar-refractivity contribution in [2.24, 2.45) is 0 Å². The maximum atomic E-state index is 12.9. The minimum Gasteiger partial charge on any atom is -0.383 e. The van der Waals surface area contributed by atoms with Crippen LogP contribution in [0.4, 0.5) is 10.1 Å². The topological polar surface area (TPSA) is 46.9 Å². The third-order valence-electron chi connectivity index (χ3n) is 2.37. The molecule has 0 aliphatic carbocycles. The molecule has 4 nitrogen and oxygen atoms in total. The third-order valence-corrected chi connectivity index (χ3v) is 2.91. The first-order valence-electron chi connectivity index (χ1n) is 5.36. The monoisotopic (exact) mass is 311 g/mol. The summed E-state index contributed by atoms with van der Waals surface area (Å²) in [7, 11) is 0. The summed E-state index contributed by atoms with van der Waals surface area (Å²) in [4.78, 5) is 15.6. The Kier molecular flexibility index (Phi) is 4.09. The van der Waals surface area contributed by atoms with E-state index in [0.717, 1.165) is 0 Å². The summed E-state index contributed by atoms with van der Waals surface area (Å²) >= 11 is 3.13. The van der Waals surface area contributed by atoms with Gasteiger partial charge in [-0.05, 0) is 34.1 Å². The average Bonchev–Trinajstić information content (AvgIpc) is 2.35. The molecule has 0 radical (unpaired) electrons. The number of benzene rings is 1. The van der Waals surface area contributed by atoms with E-state index in [2.05, 4.69) is 26.2 Å². The summed E-state index contributed by atoms with van der Waals surface area (Å²) < 4.78 is 14.8. The van der Waals surface area contributed by atoms with Crippen molar-refractivity contribution in [2.45, 2.75) is 6.54 Å². The van der Waals surface area contributed by atoms with E-state index in [0.29, 0.717) is 23.2 Å². The lowest BCUT2D eigenvalue weighted by Crippen LogP contribution is -2.24. The van der Waals surface area contributed by atoms with E-state index < -0.39 is 0 Å². The Bertz CT molecular complexity index is 600. The summed E-state index contributed by atoms with van der Waals surface area (Å²) in [5.74, 6) is -0.290. The number of halogens is 2. The molecule has 1 heterocycles. The summed E-state index contributed by atoms with van der Waals surface area (Å²) in [5.41, 5.74) is 0.553. The first-order chi connectivity index (χ1) is 8.66. The van der Waals surface area contributed by atoms with Crippen LogP contribution in [0.1, 0.15) is 0 Å². The molecule has 94 valence electrons. The van der Waals surface area contributed by atoms with Gasteiger partial charge in [-0.25, -0.2) is 9.37 Å². The largest absolute Gasteiger partial charge is 0.383 e. The van der Waals surface area contributed by atoms with Gasteiger partial charge in [0.15, 0.2) is 0 Å². The van der Waals surface area contributed by atoms with Gasteiger partial charge in [-0.2, -0.15) is 0 Å². The fourth-order valence-electron chi connectivity index (χ4n) is 1.50. The van der Waals surface area contributed by atoms with Crippen LogP contribution in [-0.4, -0.2) is 16.1 Å². The molecule has 6 heteroatoms. The van der Waals surface area contributed by atoms with E-state index >= 15 is 0 Å². The zero-order chi connectivity index (χ0) is 13.0. The van der Waals surface area contributed by atoms with Crippen molar-refractivity contribution < 1.29 is 4.39 Å². The van der Waals surface area contributed by atoms with Gasteiger partial charge in [0.05, 0.1) is 6.33 Å². The van der Waals surface area contributed by atoms with Crippen LogP contribution in [0, 0.1) is 5.82 Å². The van der Waals surface area contributed by atoms with Gasteiger partial charge in [0.2, 0.25) is 0 Å². The van der Waals surface area contributed by atoms with Crippen LogP contribution in [0.2, 0.25) is 0 Å². The van der Waals surface area contributed by atoms with Crippen molar-refractivity contribution in [1.82, 2.24) is 9.55 Å². The highest BCUT2D eigenvalue weighted by atomic mass is 79.9. The lowest BCUT2D eigenvalue weighted by atomic mass is 10.3. The zero-order valence-electron chi connectivity index (χ0n) is 9.44. The second kappa shape index (κ2) is 5.77. The lowest BCUT2D eigenvalue weighted by Gasteiger charge is -2.08. The van der Waals surface area contributed by atoms with Crippen LogP contribution < -0.4 is 10.9 Å². The average molecular weight is 312 g/mol. The molecule has 0 amide bonds. The van der Waals surface area contributed by atoms with Gasteiger partial charge in [0.25, 0.3) is 5.56 Å². The fraction of sp³-hybridized carbons (Fsp3) is 0.167. The van der Waals surface area contributed by atoms with Crippen LogP contribution in [-0.2, 0) is 6.54 Å². The van der Waals surface area contributed by atoms with Gasteiger partial charge in [-0.3, -0.25) is 9.36 Å². The van der Waals surface area contributed by atoms with E-state index in [1.165, 1.54) is 29.2 Å². The number of hydrogen-bond acceptors (Lipinski definition) is 3. The molecule has 0 aliphatic rings. The first-order valence-corrected chi connectivity index (χ1v) is 6.15. The van der Waals surface area contributed by atoms with Crippen LogP contribution in [0.15, 0.2) is 46.1 Å². The van der Waals surface area contributed by atoms with E-state index in [-0.39, 0.29) is 11.4 Å². The van der Waals surface area contributed by atoms with Crippen molar-refractivity contribution >= 4 is 21.6 Å². The zero-order valence-corrected chi connectivity index (χ0v) is 11.0. The normalized spacial score (nSPS) is 10.3. The molecule has 2 rings (SSSR count). The Labute approximate surface area is 112 Å². The van der Waals surface area contributed by atoms with Crippen molar-refractivity contribution in [1.29, 1.82) is 0 Å². The molecule has 0 bridgehead atoms. The van der Waals surface area contributed by atoms with E-state index in [4.69, 9.17) is 0 Å². The van der Waals surface area contributed by atoms with E-state index in [9.17, 15) is 9.18 Å². The molecule has 0 atom stereocenters. The number of nitrogens with one attached hydrogen (secondary N) is 1. The second-order valence-electron chi connectivity index (χ2n) is 3.68. The molecule has 0 saturated heterocycles. The van der Waals surface area contributed by atoms with Crippen LogP contribution in [0.3, 0.4) is 0 Å². The number of rotatable bonds is 4. The molecule has 0 spiro atoms. The third kappa shape index (κ3) is 3.16. The summed E-state index contributed by atoms with van der Waals surface area (Å²) in [6.07, 6.45) is 2.93. The Morgan fingerprint density at radius 2 is 2.28 bits per heavy atom. The van der Waals surface area contributed by atoms with Gasteiger partial charge >= 0.3 is 0 Å². The maximum absolute atomic E-state index is 12.9. The highest BCUT2D eigenvalue weighted by Gasteiger charge is 2.00. The quantitative estimate of drug-likeness (QED) is 0.942. The predicted octanol–water partition coefficient (Wildman–Crippen LogP) is 2.26. The summed E-state index contributed by atoms with van der Waals surface area (Å²) in [5, 5.41) is 3.04. The Morgan fingerprint density at radius 1 is 1.44 bits per heavy atom. The molecule has 0 fully saturated rings. The fourth-order valence-corrected chi connectivity index (χ4v) is 1.85. The van der Waals surface area contributed by atoms with Gasteiger partial charge in [-0.1, -0.05) is 6.07 Å². The SMILES string of the molecule is O=c1c(Br)cncn1CCNc1cccc(F)c1. The molecule has 0 unspecified atom stereocenters.